The quantitative estimate of drug-likeness (QED) is 0.0205. The van der Waals surface area contributed by atoms with Crippen LogP contribution < -0.4 is 40.2 Å². The largest absolute Gasteiger partial charge is 0.493 e. The Bertz CT molecular complexity index is 6440. The summed E-state index contributed by atoms with van der Waals surface area (Å²) >= 11 is 0. The number of carbonyl (C=O) groups is 4. The Balaban J connectivity index is 0.000000166. The summed E-state index contributed by atoms with van der Waals surface area (Å²) in [6.07, 6.45) is 9.88. The van der Waals surface area contributed by atoms with E-state index in [0.717, 1.165) is 196 Å². The van der Waals surface area contributed by atoms with Crippen molar-refractivity contribution in [3.05, 3.63) is 211 Å². The van der Waals surface area contributed by atoms with E-state index in [1.54, 1.807) is 71.6 Å². The highest BCUT2D eigenvalue weighted by Gasteiger charge is 2.26. The van der Waals surface area contributed by atoms with Crippen LogP contribution in [0.2, 0.25) is 0 Å². The van der Waals surface area contributed by atoms with E-state index in [-0.39, 0.29) is 0 Å². The number of nitriles is 4. The van der Waals surface area contributed by atoms with Crippen molar-refractivity contribution in [3.8, 4) is 92.3 Å². The van der Waals surface area contributed by atoms with Gasteiger partial charge in [-0.05, 0) is 229 Å². The van der Waals surface area contributed by atoms with Crippen molar-refractivity contribution in [3.63, 3.8) is 0 Å². The molecule has 0 spiro atoms. The van der Waals surface area contributed by atoms with Gasteiger partial charge >= 0.3 is 24.4 Å². The van der Waals surface area contributed by atoms with E-state index in [1.165, 1.54) is 25.9 Å². The van der Waals surface area contributed by atoms with E-state index < -0.39 is 24.4 Å². The first kappa shape index (κ1) is 103. The van der Waals surface area contributed by atoms with Crippen LogP contribution in [0, 0.1) is 45.3 Å². The van der Waals surface area contributed by atoms with E-state index >= 15 is 0 Å². The number of rotatable bonds is 39. The van der Waals surface area contributed by atoms with Gasteiger partial charge in [0.25, 0.3) is 0 Å². The van der Waals surface area contributed by atoms with Crippen LogP contribution in [0.3, 0.4) is 0 Å². The molecule has 0 atom stereocenters. The molecule has 2 saturated heterocycles. The van der Waals surface area contributed by atoms with Crippen molar-refractivity contribution in [2.75, 3.05) is 167 Å². The number of fused-ring (bicyclic) bond motifs is 4. The van der Waals surface area contributed by atoms with E-state index in [9.17, 15) is 40.2 Å². The zero-order valence-corrected chi connectivity index (χ0v) is 81.7. The lowest BCUT2D eigenvalue weighted by Crippen LogP contribution is -2.44. The van der Waals surface area contributed by atoms with Crippen LogP contribution in [-0.4, -0.2) is 218 Å². The number of likely N-dealkylation sites (N-methyl/N-ethyl adjacent to an activating group) is 2. The first-order valence-electron chi connectivity index (χ1n) is 48.0. The smallest absolute Gasteiger partial charge is 0.411 e. The summed E-state index contributed by atoms with van der Waals surface area (Å²) in [4.78, 5) is 60.7. The van der Waals surface area contributed by atoms with Gasteiger partial charge in [-0.25, -0.2) is 24.2 Å². The van der Waals surface area contributed by atoms with Crippen molar-refractivity contribution in [2.24, 2.45) is 0 Å². The Labute approximate surface area is 813 Å². The van der Waals surface area contributed by atoms with E-state index in [2.05, 4.69) is 123 Å². The standard InChI is InChI=1S/C28H35N5O3.C27H34N4O4.C27H32N4O3.C26H27N5O3/c1-4-33-26-19-23(36-18-6-13-32-16-14-31(3)15-17-32)11-12-24(26)25(20-29)27(33)21-7-9-22(10-8-21)30-28(34)35-5-2;1-5-31-25-18-22(35-15-8-13-30(3)14-16-33-4)11-12-23(25)24(19-28)26(31)20-9-7-10-21(17-20)29-27(32)34-6-2;1-3-31-25-18-22(34-16-8-15-30-13-5-6-14-30)11-12-23(25)24(19-28)26(31)20-9-7-10-21(17-20)29-27(32)33-4-2;1-3-31-24-16-21(34-15-5-13-30-14-12-28-18-30)10-11-22(24)23(17-27)25(31)19-6-8-20(9-7-19)29-26(32)33-4-2/h7-12,19H,4-6,13-18H2,1-3H3,(H,30,34);7,9-12,17-18H,5-6,8,13-16H2,1-4H3,(H,29,32);7,9-12,17-18H,3-6,8,13-16H2,1-2H3,(H,29,32);6-12,14,16,18H,3-5,13,15H2,1-2H3,(H,29,32). The van der Waals surface area contributed by atoms with Crippen molar-refractivity contribution in [1.29, 1.82) is 21.0 Å². The molecule has 139 heavy (non-hydrogen) atoms. The summed E-state index contributed by atoms with van der Waals surface area (Å²) in [6.45, 7) is 34.2. The van der Waals surface area contributed by atoms with Crippen molar-refractivity contribution in [2.45, 2.75) is 127 Å². The molecular formula is C108H128N18O13. The zero-order valence-electron chi connectivity index (χ0n) is 81.7. The Morgan fingerprint density at radius 1 is 0.381 bits per heavy atom. The third-order valence-corrected chi connectivity index (χ3v) is 24.1. The number of likely N-dealkylation sites (tertiary alicyclic amines) is 1. The van der Waals surface area contributed by atoms with Gasteiger partial charge in [0.15, 0.2) is 0 Å². The number of hydrogen-bond donors (Lipinski definition) is 4. The van der Waals surface area contributed by atoms with Crippen LogP contribution in [0.1, 0.15) is 116 Å². The lowest BCUT2D eigenvalue weighted by Gasteiger charge is -2.32. The Morgan fingerprint density at radius 3 is 1.05 bits per heavy atom. The minimum atomic E-state index is -0.507. The summed E-state index contributed by atoms with van der Waals surface area (Å²) < 4.78 is 59.7. The summed E-state index contributed by atoms with van der Waals surface area (Å²) in [7, 11) is 5.95. The SMILES string of the molecule is CCOC(=O)Nc1ccc(-c2c(C#N)c3ccc(OCCCN4CCN(C)CC4)cc3n2CC)cc1.CCOC(=O)Nc1ccc(-c2c(C#N)c3ccc(OCCCn4ccnc4)cc3n2CC)cc1.CCOC(=O)Nc1cccc(-c2c(C#N)c3ccc(OCCCN(C)CCOC)cc3n2CC)c1.CCOC(=O)Nc1cccc(-c2c(C#N)c3ccc(OCCCN4CCCC4)cc3n2CC)c1. The molecule has 8 aromatic carbocycles. The second-order valence-corrected chi connectivity index (χ2v) is 33.3. The van der Waals surface area contributed by atoms with E-state index in [4.69, 9.17) is 42.6 Å². The third-order valence-electron chi connectivity index (χ3n) is 24.1. The molecule has 4 amide bonds. The lowest BCUT2D eigenvalue weighted by atomic mass is 10.1. The number of ether oxygens (including phenoxy) is 9. The minimum absolute atomic E-state index is 0.295. The van der Waals surface area contributed by atoms with Gasteiger partial charge < -0.3 is 85.1 Å². The highest BCUT2D eigenvalue weighted by Crippen LogP contribution is 2.42. The zero-order chi connectivity index (χ0) is 98.5. The molecule has 728 valence electrons. The number of benzene rings is 8. The van der Waals surface area contributed by atoms with Gasteiger partial charge in [0, 0.05) is 184 Å². The maximum atomic E-state index is 11.9. The minimum Gasteiger partial charge on any atom is -0.493 e. The van der Waals surface area contributed by atoms with Gasteiger partial charge in [-0.1, -0.05) is 48.5 Å². The number of aryl methyl sites for hydroxylation is 5. The Hall–Kier alpha value is -14.8. The Morgan fingerprint density at radius 2 is 0.719 bits per heavy atom. The van der Waals surface area contributed by atoms with Crippen LogP contribution in [0.5, 0.6) is 23.0 Å². The predicted octanol–water partition coefficient (Wildman–Crippen LogP) is 21.0. The molecule has 13 aromatic rings. The number of anilines is 4. The summed E-state index contributed by atoms with van der Waals surface area (Å²) in [5, 5.41) is 54.5. The number of carbonyl (C=O) groups excluding carboxylic acids is 4. The molecule has 5 aromatic heterocycles. The molecule has 0 radical (unpaired) electrons. The van der Waals surface area contributed by atoms with Gasteiger partial charge in [-0.2, -0.15) is 21.0 Å². The molecule has 0 unspecified atom stereocenters. The average Bonchev–Trinajstić information content (AvgIpc) is 1.63. The number of nitrogens with zero attached hydrogens (tertiary/aromatic N) is 14. The molecule has 31 nitrogen and oxygen atoms in total. The molecule has 2 fully saturated rings. The molecule has 2 aliphatic rings. The van der Waals surface area contributed by atoms with Crippen molar-refractivity contribution in [1.82, 2.24) is 47.4 Å². The third kappa shape index (κ3) is 27.3. The highest BCUT2D eigenvalue weighted by molar-refractivity contribution is 6.00. The molecule has 0 bridgehead atoms. The topological polar surface area (TPSA) is 345 Å². The fourth-order valence-corrected chi connectivity index (χ4v) is 17.5. The average molecular weight is 1890 g/mol. The van der Waals surface area contributed by atoms with Crippen LogP contribution >= 0.6 is 0 Å². The first-order valence-corrected chi connectivity index (χ1v) is 48.0. The Kier molecular flexibility index (Phi) is 38.9. The fraction of sp³-hybridized carbons (Fsp3) is 0.380. The summed E-state index contributed by atoms with van der Waals surface area (Å²) in [5.74, 6) is 3.18. The molecule has 7 heterocycles. The van der Waals surface area contributed by atoms with Gasteiger partial charge in [-0.3, -0.25) is 21.3 Å². The van der Waals surface area contributed by atoms with Gasteiger partial charge in [-0.15, -0.1) is 0 Å². The molecule has 0 saturated carbocycles. The van der Waals surface area contributed by atoms with Crippen LogP contribution in [0.4, 0.5) is 41.9 Å². The molecule has 0 aliphatic carbocycles. The first-order chi connectivity index (χ1) is 67.8. The lowest BCUT2D eigenvalue weighted by molar-refractivity contribution is 0.145. The molecular weight excluding hydrogens is 1760 g/mol. The number of piperazine rings is 1. The fourth-order valence-electron chi connectivity index (χ4n) is 17.5. The summed E-state index contributed by atoms with van der Waals surface area (Å²) in [5.41, 5.74) is 15.7. The number of aromatic nitrogens is 6. The van der Waals surface area contributed by atoms with Crippen molar-refractivity contribution >= 4 is 90.7 Å². The van der Waals surface area contributed by atoms with E-state index in [0.29, 0.717) is 131 Å². The molecule has 4 N–H and O–H groups in total. The number of methoxy groups -OCH3 is 1. The van der Waals surface area contributed by atoms with Gasteiger partial charge in [0.05, 0.1) is 133 Å². The number of amides is 4. The second-order valence-electron chi connectivity index (χ2n) is 33.3. The van der Waals surface area contributed by atoms with Crippen LogP contribution in [0.15, 0.2) is 189 Å². The molecule has 31 heteroatoms. The highest BCUT2D eigenvalue weighted by atomic mass is 16.6. The molecule has 2 aliphatic heterocycles. The number of hydrogen-bond acceptors (Lipinski definition) is 22. The maximum Gasteiger partial charge on any atom is 0.411 e. The van der Waals surface area contributed by atoms with Gasteiger partial charge in [0.1, 0.15) is 47.3 Å². The molecule has 15 rings (SSSR count). The van der Waals surface area contributed by atoms with Crippen LogP contribution in [0.25, 0.3) is 88.6 Å². The normalized spacial score (nSPS) is 12.5. The number of nitrogens with one attached hydrogen (secondary N) is 4. The summed E-state index contributed by atoms with van der Waals surface area (Å²) in [6, 6.07) is 63.0. The van der Waals surface area contributed by atoms with Crippen molar-refractivity contribution < 1.29 is 61.8 Å². The maximum absolute atomic E-state index is 11.9. The second kappa shape index (κ2) is 52.5. The predicted molar refractivity (Wildman–Crippen MR) is 545 cm³/mol. The van der Waals surface area contributed by atoms with E-state index in [1.807, 2.05) is 163 Å². The number of imidazole rings is 1. The van der Waals surface area contributed by atoms with Gasteiger partial charge in [0.2, 0.25) is 0 Å². The van der Waals surface area contributed by atoms with Crippen LogP contribution in [-0.2, 0) is 56.4 Å². The monoisotopic (exact) mass is 1880 g/mol.